The first-order valence-electron chi connectivity index (χ1n) is 3.57. The van der Waals surface area contributed by atoms with Gasteiger partial charge in [-0.15, -0.1) is 0 Å². The van der Waals surface area contributed by atoms with Gasteiger partial charge in [0, 0.05) is 0 Å². The zero-order valence-electron chi connectivity index (χ0n) is 6.53. The smallest absolute Gasteiger partial charge is 0.369 e. The van der Waals surface area contributed by atoms with Gasteiger partial charge in [0.15, 0.2) is 5.75 Å². The van der Waals surface area contributed by atoms with E-state index in [1.54, 1.807) is 24.3 Å². The van der Waals surface area contributed by atoms with Crippen LogP contribution >= 0.6 is 0 Å². The number of rotatable bonds is 2. The van der Waals surface area contributed by atoms with Crippen molar-refractivity contribution < 1.29 is 9.94 Å². The topological polar surface area (TPSA) is 73.1 Å². The van der Waals surface area contributed by atoms with E-state index in [4.69, 9.17) is 9.94 Å². The molecule has 0 amide bonds. The van der Waals surface area contributed by atoms with E-state index in [1.807, 2.05) is 6.07 Å². The molecule has 0 saturated heterocycles. The molecule has 1 heterocycles. The van der Waals surface area contributed by atoms with Crippen LogP contribution in [0.2, 0.25) is 0 Å². The monoisotopic (exact) mass is 178 g/mol. The molecule has 6 heteroatoms. The Labute approximate surface area is 73.3 Å². The van der Waals surface area contributed by atoms with Crippen LogP contribution in [0, 0.1) is 0 Å². The van der Waals surface area contributed by atoms with E-state index in [2.05, 4.69) is 15.5 Å². The Hall–Kier alpha value is -2.11. The average molecular weight is 178 g/mol. The van der Waals surface area contributed by atoms with Gasteiger partial charge >= 0.3 is 6.01 Å². The van der Waals surface area contributed by atoms with E-state index in [0.29, 0.717) is 5.75 Å². The van der Waals surface area contributed by atoms with Gasteiger partial charge in [-0.2, -0.15) is 0 Å². The largest absolute Gasteiger partial charge is 0.476 e. The summed E-state index contributed by atoms with van der Waals surface area (Å²) < 4.78 is 0. The number of benzene rings is 1. The van der Waals surface area contributed by atoms with E-state index in [0.717, 1.165) is 4.85 Å². The lowest BCUT2D eigenvalue weighted by Crippen LogP contribution is -2.06. The van der Waals surface area contributed by atoms with E-state index < -0.39 is 0 Å². The summed E-state index contributed by atoms with van der Waals surface area (Å²) in [5, 5.41) is 18.9. The number of hydrogen-bond donors (Lipinski definition) is 1. The Morgan fingerprint density at radius 3 is 2.62 bits per heavy atom. The second-order valence-electron chi connectivity index (χ2n) is 2.26. The Balaban J connectivity index is 2.20. The Morgan fingerprint density at radius 2 is 2.00 bits per heavy atom. The van der Waals surface area contributed by atoms with Crippen molar-refractivity contribution in [1.82, 2.24) is 20.4 Å². The van der Waals surface area contributed by atoms with Crippen molar-refractivity contribution in [2.75, 3.05) is 0 Å². The zero-order valence-corrected chi connectivity index (χ0v) is 6.53. The lowest BCUT2D eigenvalue weighted by molar-refractivity contribution is 0.143. The highest BCUT2D eigenvalue weighted by Gasteiger charge is 2.03. The molecule has 2 rings (SSSR count). The summed E-state index contributed by atoms with van der Waals surface area (Å²) in [6, 6.07) is 8.52. The highest BCUT2D eigenvalue weighted by molar-refractivity contribution is 5.20. The van der Waals surface area contributed by atoms with Crippen LogP contribution in [0.4, 0.5) is 0 Å². The van der Waals surface area contributed by atoms with Crippen LogP contribution in [0.3, 0.4) is 0 Å². The van der Waals surface area contributed by atoms with Gasteiger partial charge in [-0.05, 0) is 27.4 Å². The van der Waals surface area contributed by atoms with Crippen molar-refractivity contribution in [3.63, 3.8) is 0 Å². The third-order valence-corrected chi connectivity index (χ3v) is 1.36. The molecule has 0 aliphatic heterocycles. The summed E-state index contributed by atoms with van der Waals surface area (Å²) in [5.74, 6) is 0.546. The molecule has 0 aliphatic carbocycles. The maximum Gasteiger partial charge on any atom is 0.369 e. The van der Waals surface area contributed by atoms with Gasteiger partial charge in [0.25, 0.3) is 0 Å². The van der Waals surface area contributed by atoms with Crippen molar-refractivity contribution in [2.45, 2.75) is 0 Å². The van der Waals surface area contributed by atoms with Gasteiger partial charge in [-0.1, -0.05) is 23.3 Å². The average Bonchev–Trinajstić information content (AvgIpc) is 2.54. The van der Waals surface area contributed by atoms with Crippen LogP contribution < -0.4 is 4.84 Å². The summed E-state index contributed by atoms with van der Waals surface area (Å²) in [7, 11) is 0. The van der Waals surface area contributed by atoms with E-state index in [-0.39, 0.29) is 6.01 Å². The number of para-hydroxylation sites is 1. The second-order valence-corrected chi connectivity index (χ2v) is 2.26. The van der Waals surface area contributed by atoms with Gasteiger partial charge in [0.2, 0.25) is 0 Å². The number of aromatic nitrogens is 4. The summed E-state index contributed by atoms with van der Waals surface area (Å²) in [4.78, 5) is 5.91. The SMILES string of the molecule is Oc1nnnn1Oc1ccccc1. The molecule has 2 aromatic rings. The highest BCUT2D eigenvalue weighted by atomic mass is 16.7. The third kappa shape index (κ3) is 1.56. The lowest BCUT2D eigenvalue weighted by Gasteiger charge is -2.01. The highest BCUT2D eigenvalue weighted by Crippen LogP contribution is 2.10. The molecule has 66 valence electrons. The standard InChI is InChI=1S/C7H6N4O2/c12-7-8-9-10-11(7)13-6-4-2-1-3-5-6/h1-5H,(H,8,10,12). The molecule has 0 saturated carbocycles. The van der Waals surface area contributed by atoms with Gasteiger partial charge in [0.1, 0.15) is 0 Å². The fourth-order valence-electron chi connectivity index (χ4n) is 0.815. The lowest BCUT2D eigenvalue weighted by atomic mass is 10.3. The minimum atomic E-state index is -0.385. The molecule has 13 heavy (non-hydrogen) atoms. The maximum absolute atomic E-state index is 9.01. The molecule has 0 spiro atoms. The van der Waals surface area contributed by atoms with Gasteiger partial charge < -0.3 is 9.94 Å². The zero-order chi connectivity index (χ0) is 9.10. The van der Waals surface area contributed by atoms with Crippen LogP contribution in [0.1, 0.15) is 0 Å². The van der Waals surface area contributed by atoms with Crippen LogP contribution in [0.5, 0.6) is 11.8 Å². The molecular formula is C7H6N4O2. The van der Waals surface area contributed by atoms with Gasteiger partial charge in [0.05, 0.1) is 0 Å². The number of aromatic hydroxyl groups is 1. The molecule has 0 radical (unpaired) electrons. The number of hydrogen-bond acceptors (Lipinski definition) is 5. The summed E-state index contributed by atoms with van der Waals surface area (Å²) in [6.07, 6.45) is 0. The molecule has 0 aliphatic rings. The predicted molar refractivity (Wildman–Crippen MR) is 41.9 cm³/mol. The van der Waals surface area contributed by atoms with Crippen LogP contribution in [0.15, 0.2) is 30.3 Å². The molecule has 0 unspecified atom stereocenters. The van der Waals surface area contributed by atoms with Crippen molar-refractivity contribution in [1.29, 1.82) is 0 Å². The number of tetrazole rings is 1. The van der Waals surface area contributed by atoms with Crippen molar-refractivity contribution >= 4 is 0 Å². The minimum Gasteiger partial charge on any atom is -0.476 e. The molecule has 1 N–H and O–H groups in total. The van der Waals surface area contributed by atoms with Crippen LogP contribution in [0.25, 0.3) is 0 Å². The third-order valence-electron chi connectivity index (χ3n) is 1.36. The Bertz CT molecular complexity index is 386. The normalized spacial score (nSPS) is 9.85. The van der Waals surface area contributed by atoms with Crippen molar-refractivity contribution in [2.24, 2.45) is 0 Å². The quantitative estimate of drug-likeness (QED) is 0.712. The predicted octanol–water partition coefficient (Wildman–Crippen LogP) is 0.221. The summed E-state index contributed by atoms with van der Waals surface area (Å²) >= 11 is 0. The fraction of sp³-hybridized carbons (Fsp3) is 0. The summed E-state index contributed by atoms with van der Waals surface area (Å²) in [6.45, 7) is 0. The van der Waals surface area contributed by atoms with Gasteiger partial charge in [-0.25, -0.2) is 0 Å². The molecule has 0 fully saturated rings. The van der Waals surface area contributed by atoms with Crippen LogP contribution in [-0.4, -0.2) is 25.5 Å². The first-order chi connectivity index (χ1) is 6.36. The maximum atomic E-state index is 9.01. The molecule has 0 atom stereocenters. The van der Waals surface area contributed by atoms with Crippen LogP contribution in [-0.2, 0) is 0 Å². The van der Waals surface area contributed by atoms with E-state index >= 15 is 0 Å². The molecule has 1 aromatic heterocycles. The number of nitrogens with zero attached hydrogens (tertiary/aromatic N) is 4. The fourth-order valence-corrected chi connectivity index (χ4v) is 0.815. The molecule has 1 aromatic carbocycles. The Kier molecular flexibility index (Phi) is 1.79. The van der Waals surface area contributed by atoms with Crippen molar-refractivity contribution in [3.8, 4) is 11.8 Å². The van der Waals surface area contributed by atoms with E-state index in [1.165, 1.54) is 0 Å². The minimum absolute atomic E-state index is 0.385. The Morgan fingerprint density at radius 1 is 1.23 bits per heavy atom. The second kappa shape index (κ2) is 3.10. The van der Waals surface area contributed by atoms with Gasteiger partial charge in [-0.3, -0.25) is 0 Å². The van der Waals surface area contributed by atoms with E-state index in [9.17, 15) is 0 Å². The summed E-state index contributed by atoms with van der Waals surface area (Å²) in [5.41, 5.74) is 0. The van der Waals surface area contributed by atoms with Crippen molar-refractivity contribution in [3.05, 3.63) is 30.3 Å². The molecular weight excluding hydrogens is 172 g/mol. The molecule has 6 nitrogen and oxygen atoms in total. The molecule has 0 bridgehead atoms. The first kappa shape index (κ1) is 7.53. The first-order valence-corrected chi connectivity index (χ1v) is 3.57.